The largest absolute Gasteiger partial charge is 0.478 e. The molecule has 3 aliphatic rings. The smallest absolute Gasteiger partial charge is 0.335 e. The fourth-order valence-corrected chi connectivity index (χ4v) is 6.67. The number of carboxylic acids is 1. The molecular formula is C29H25Cl2FN4O5. The lowest BCUT2D eigenvalue weighted by Gasteiger charge is -2.37. The third-order valence-electron chi connectivity index (χ3n) is 8.21. The Balaban J connectivity index is 1.07. The van der Waals surface area contributed by atoms with E-state index in [-0.39, 0.29) is 35.2 Å². The average molecular weight is 599 g/mol. The minimum absolute atomic E-state index is 0.00708. The Kier molecular flexibility index (Phi) is 6.72. The summed E-state index contributed by atoms with van der Waals surface area (Å²) in [6.07, 6.45) is 5.57. The first-order valence-electron chi connectivity index (χ1n) is 13.6. The summed E-state index contributed by atoms with van der Waals surface area (Å²) in [6, 6.07) is 9.27. The maximum Gasteiger partial charge on any atom is 0.335 e. The van der Waals surface area contributed by atoms with Gasteiger partial charge in [-0.3, -0.25) is 0 Å². The van der Waals surface area contributed by atoms with E-state index in [0.29, 0.717) is 39.8 Å². The Hall–Kier alpha value is -3.47. The topological polar surface area (TPSA) is 115 Å². The Labute approximate surface area is 244 Å². The van der Waals surface area contributed by atoms with Gasteiger partial charge < -0.3 is 23.8 Å². The van der Waals surface area contributed by atoms with Gasteiger partial charge in [0.1, 0.15) is 17.3 Å². The fraction of sp³-hybridized carbons (Fsp3) is 0.379. The molecule has 1 aliphatic carbocycles. The van der Waals surface area contributed by atoms with Crippen LogP contribution < -0.4 is 4.90 Å². The van der Waals surface area contributed by atoms with Gasteiger partial charge in [-0.15, -0.1) is 0 Å². The average Bonchev–Trinajstić information content (AvgIpc) is 3.42. The number of nitrogens with zero attached hydrogens (tertiary/aromatic N) is 4. The molecule has 2 aromatic carbocycles. The van der Waals surface area contributed by atoms with Crippen LogP contribution in [0.4, 0.5) is 10.3 Å². The van der Waals surface area contributed by atoms with E-state index >= 15 is 0 Å². The molecule has 7 rings (SSSR count). The number of fused-ring (bicyclic) bond motifs is 2. The first kappa shape index (κ1) is 26.4. The summed E-state index contributed by atoms with van der Waals surface area (Å²) >= 11 is 13.0. The highest BCUT2D eigenvalue weighted by Gasteiger charge is 2.44. The summed E-state index contributed by atoms with van der Waals surface area (Å²) in [5.41, 5.74) is 2.10. The van der Waals surface area contributed by atoms with E-state index in [2.05, 4.69) is 20.2 Å². The molecule has 1 saturated carbocycles. The lowest BCUT2D eigenvalue weighted by atomic mass is 9.99. The standard InChI is InChI=1S/C29H25Cl2FN4O5/c30-21-2-1-3-22(31)24(21)25-20(26(40-34-25)14-4-5-14)13-39-18-11-16-7-8-17(12-18)36(16)29-33-27(41-35-29)19-9-6-15(28(37)38)10-23(19)32/h1-3,6,9-10,14,16-18H,4-5,7-8,11-13H2,(H,37,38). The number of carboxylic acid groups (broad SMARTS) is 1. The van der Waals surface area contributed by atoms with Crippen LogP contribution in [-0.2, 0) is 11.3 Å². The molecule has 2 saturated heterocycles. The van der Waals surface area contributed by atoms with Crippen molar-refractivity contribution < 1.29 is 28.1 Å². The van der Waals surface area contributed by atoms with E-state index in [9.17, 15) is 9.18 Å². The molecule has 2 aromatic heterocycles. The van der Waals surface area contributed by atoms with Gasteiger partial charge >= 0.3 is 5.97 Å². The second-order valence-electron chi connectivity index (χ2n) is 10.8. The summed E-state index contributed by atoms with van der Waals surface area (Å²) < 4.78 is 32.3. The van der Waals surface area contributed by atoms with Crippen LogP contribution in [0.5, 0.6) is 0 Å². The minimum atomic E-state index is -1.21. The SMILES string of the molecule is O=C(O)c1ccc(-c2nc(N3C4CCC3CC(OCc3c(-c5c(Cl)cccc5Cl)noc3C3CC3)C4)no2)c(F)c1. The van der Waals surface area contributed by atoms with Gasteiger partial charge in [0.05, 0.1) is 33.9 Å². The molecule has 3 fully saturated rings. The predicted octanol–water partition coefficient (Wildman–Crippen LogP) is 7.13. The van der Waals surface area contributed by atoms with Crippen molar-refractivity contribution in [1.82, 2.24) is 15.3 Å². The van der Waals surface area contributed by atoms with Crippen LogP contribution in [0, 0.1) is 5.82 Å². The summed E-state index contributed by atoms with van der Waals surface area (Å²) in [5.74, 6) is -0.338. The van der Waals surface area contributed by atoms with Gasteiger partial charge in [-0.1, -0.05) is 34.4 Å². The zero-order valence-corrected chi connectivity index (χ0v) is 23.2. The van der Waals surface area contributed by atoms with Crippen molar-refractivity contribution in [3.05, 3.63) is 69.1 Å². The third-order valence-corrected chi connectivity index (χ3v) is 8.84. The summed E-state index contributed by atoms with van der Waals surface area (Å²) in [5, 5.41) is 18.6. The van der Waals surface area contributed by atoms with Crippen molar-refractivity contribution in [3.8, 4) is 22.7 Å². The van der Waals surface area contributed by atoms with E-state index in [0.717, 1.165) is 55.9 Å². The van der Waals surface area contributed by atoms with Crippen LogP contribution >= 0.6 is 23.2 Å². The molecule has 0 spiro atoms. The van der Waals surface area contributed by atoms with Crippen LogP contribution in [0.3, 0.4) is 0 Å². The van der Waals surface area contributed by atoms with Gasteiger partial charge in [0.2, 0.25) is 0 Å². The first-order valence-corrected chi connectivity index (χ1v) is 14.3. The fourth-order valence-electron chi connectivity index (χ4n) is 6.09. The number of aromatic carboxylic acids is 1. The van der Waals surface area contributed by atoms with Crippen molar-refractivity contribution in [2.24, 2.45) is 0 Å². The number of piperidine rings is 1. The molecule has 12 heteroatoms. The Morgan fingerprint density at radius 3 is 2.44 bits per heavy atom. The molecule has 9 nitrogen and oxygen atoms in total. The molecule has 212 valence electrons. The van der Waals surface area contributed by atoms with E-state index < -0.39 is 11.8 Å². The van der Waals surface area contributed by atoms with Crippen LogP contribution in [0.15, 0.2) is 45.4 Å². The quantitative estimate of drug-likeness (QED) is 0.226. The Morgan fingerprint density at radius 2 is 1.78 bits per heavy atom. The lowest BCUT2D eigenvalue weighted by Crippen LogP contribution is -2.46. The van der Waals surface area contributed by atoms with Gasteiger partial charge in [-0.25, -0.2) is 9.18 Å². The van der Waals surface area contributed by atoms with Crippen LogP contribution in [0.2, 0.25) is 10.0 Å². The zero-order valence-electron chi connectivity index (χ0n) is 21.7. The number of benzene rings is 2. The van der Waals surface area contributed by atoms with Crippen molar-refractivity contribution in [2.75, 3.05) is 4.90 Å². The molecular weight excluding hydrogens is 574 g/mol. The molecule has 1 N–H and O–H groups in total. The van der Waals surface area contributed by atoms with Crippen molar-refractivity contribution in [1.29, 1.82) is 0 Å². The molecule has 0 radical (unpaired) electrons. The number of hydrogen-bond donors (Lipinski definition) is 1. The van der Waals surface area contributed by atoms with Crippen LogP contribution in [0.1, 0.15) is 66.1 Å². The highest BCUT2D eigenvalue weighted by Crippen LogP contribution is 2.47. The molecule has 2 unspecified atom stereocenters. The molecule has 2 aliphatic heterocycles. The monoisotopic (exact) mass is 598 g/mol. The van der Waals surface area contributed by atoms with Gasteiger partial charge in [0, 0.05) is 29.1 Å². The molecule has 2 bridgehead atoms. The predicted molar refractivity (Wildman–Crippen MR) is 148 cm³/mol. The number of halogens is 3. The van der Waals surface area contributed by atoms with E-state index in [1.54, 1.807) is 18.2 Å². The Morgan fingerprint density at radius 1 is 1.05 bits per heavy atom. The maximum absolute atomic E-state index is 14.6. The van der Waals surface area contributed by atoms with Gasteiger partial charge in [-0.05, 0) is 74.0 Å². The van der Waals surface area contributed by atoms with Gasteiger partial charge in [0.25, 0.3) is 11.8 Å². The summed E-state index contributed by atoms with van der Waals surface area (Å²) in [4.78, 5) is 17.7. The second-order valence-corrected chi connectivity index (χ2v) is 11.7. The normalized spacial score (nSPS) is 21.9. The maximum atomic E-state index is 14.6. The van der Waals surface area contributed by atoms with Crippen molar-refractivity contribution in [2.45, 2.75) is 69.2 Å². The number of carbonyl (C=O) groups is 1. The molecule has 4 heterocycles. The third kappa shape index (κ3) is 4.87. The summed E-state index contributed by atoms with van der Waals surface area (Å²) in [7, 11) is 0. The number of anilines is 1. The highest BCUT2D eigenvalue weighted by molar-refractivity contribution is 6.39. The number of aromatic nitrogens is 3. The van der Waals surface area contributed by atoms with E-state index in [4.69, 9.17) is 42.1 Å². The molecule has 0 amide bonds. The number of rotatable bonds is 8. The van der Waals surface area contributed by atoms with Gasteiger partial charge in [-0.2, -0.15) is 4.98 Å². The van der Waals surface area contributed by atoms with E-state index in [1.807, 2.05) is 0 Å². The number of hydrogen-bond acceptors (Lipinski definition) is 8. The summed E-state index contributed by atoms with van der Waals surface area (Å²) in [6.45, 7) is 0.342. The van der Waals surface area contributed by atoms with Gasteiger partial charge in [0.15, 0.2) is 0 Å². The zero-order chi connectivity index (χ0) is 28.2. The first-order chi connectivity index (χ1) is 19.9. The Bertz CT molecular complexity index is 1600. The van der Waals surface area contributed by atoms with Crippen LogP contribution in [-0.4, -0.2) is 44.6 Å². The van der Waals surface area contributed by atoms with E-state index in [1.165, 1.54) is 12.1 Å². The molecule has 4 aromatic rings. The number of ether oxygens (including phenoxy) is 1. The second kappa shape index (κ2) is 10.4. The minimum Gasteiger partial charge on any atom is -0.478 e. The lowest BCUT2D eigenvalue weighted by molar-refractivity contribution is 0.0144. The van der Waals surface area contributed by atoms with Crippen molar-refractivity contribution in [3.63, 3.8) is 0 Å². The highest BCUT2D eigenvalue weighted by atomic mass is 35.5. The van der Waals surface area contributed by atoms with Crippen molar-refractivity contribution >= 4 is 35.1 Å². The molecule has 2 atom stereocenters. The molecule has 41 heavy (non-hydrogen) atoms. The van der Waals surface area contributed by atoms with Crippen LogP contribution in [0.25, 0.3) is 22.7 Å².